The Balaban J connectivity index is 0.00000163. The van der Waals surface area contributed by atoms with E-state index in [2.05, 4.69) is 6.92 Å². The zero-order valence-electron chi connectivity index (χ0n) is 16.8. The van der Waals surface area contributed by atoms with Gasteiger partial charge in [-0.3, -0.25) is 4.79 Å². The highest BCUT2D eigenvalue weighted by molar-refractivity contribution is 6.01. The molecule has 0 atom stereocenters. The molecule has 0 spiro atoms. The molecule has 1 aliphatic carbocycles. The molecule has 1 aliphatic rings. The minimum atomic E-state index is 0.188. The number of hydrogen-bond acceptors (Lipinski definition) is 5. The molecule has 5 heteroatoms. The minimum Gasteiger partial charge on any atom is -0.490 e. The average molecular weight is 366 g/mol. The van der Waals surface area contributed by atoms with Gasteiger partial charge in [0, 0.05) is 31.6 Å². The van der Waals surface area contributed by atoms with Crippen LogP contribution in [0.25, 0.3) is 0 Å². The second-order valence-corrected chi connectivity index (χ2v) is 5.74. The number of fused-ring (bicyclic) bond motifs is 1. The van der Waals surface area contributed by atoms with Gasteiger partial charge in [0.15, 0.2) is 17.3 Å². The Bertz CT molecular complexity index is 527. The highest BCUT2D eigenvalue weighted by atomic mass is 16.5. The molecule has 1 aromatic rings. The molecule has 2 rings (SSSR count). The van der Waals surface area contributed by atoms with Crippen LogP contribution in [0.4, 0.5) is 0 Å². The standard InChI is InChI=1S/C19H28O5.C2H6/c1-3-8-21-11-12-22-9-5-10-24-19-14-16-15(6-7-17(16)20)13-18(19)23-4-2;1-2/h13-14H,3-12H2,1-2H3;1-2H3. The monoisotopic (exact) mass is 366 g/mol. The van der Waals surface area contributed by atoms with Gasteiger partial charge in [0.25, 0.3) is 0 Å². The first kappa shape index (κ1) is 22.5. The first-order valence-electron chi connectivity index (χ1n) is 9.87. The van der Waals surface area contributed by atoms with E-state index in [4.69, 9.17) is 18.9 Å². The summed E-state index contributed by atoms with van der Waals surface area (Å²) < 4.78 is 22.3. The Labute approximate surface area is 158 Å². The van der Waals surface area contributed by atoms with Gasteiger partial charge in [-0.15, -0.1) is 0 Å². The Morgan fingerprint density at radius 2 is 1.54 bits per heavy atom. The second-order valence-electron chi connectivity index (χ2n) is 5.74. The third-order valence-electron chi connectivity index (χ3n) is 3.80. The van der Waals surface area contributed by atoms with Crippen molar-refractivity contribution in [2.24, 2.45) is 0 Å². The van der Waals surface area contributed by atoms with Crippen LogP contribution in [0, 0.1) is 0 Å². The SMILES string of the molecule is CC.CCCOCCOCCCOc1cc2c(cc1OCC)CCC2=O. The number of hydrogen-bond donors (Lipinski definition) is 0. The molecule has 0 unspecified atom stereocenters. The van der Waals surface area contributed by atoms with Gasteiger partial charge in [-0.2, -0.15) is 0 Å². The number of carbonyl (C=O) groups excluding carboxylic acids is 1. The quantitative estimate of drug-likeness (QED) is 0.512. The third kappa shape index (κ3) is 7.34. The fourth-order valence-corrected chi connectivity index (χ4v) is 2.64. The van der Waals surface area contributed by atoms with Crippen molar-refractivity contribution in [1.29, 1.82) is 0 Å². The molecule has 0 heterocycles. The maximum Gasteiger partial charge on any atom is 0.163 e. The first-order chi connectivity index (χ1) is 12.8. The van der Waals surface area contributed by atoms with Gasteiger partial charge in [0.2, 0.25) is 0 Å². The summed E-state index contributed by atoms with van der Waals surface area (Å²) in [5, 5.41) is 0. The van der Waals surface area contributed by atoms with E-state index in [1.807, 2.05) is 32.9 Å². The van der Waals surface area contributed by atoms with Crippen molar-refractivity contribution in [2.45, 2.75) is 53.4 Å². The number of ketones is 1. The summed E-state index contributed by atoms with van der Waals surface area (Å²) >= 11 is 0. The third-order valence-corrected chi connectivity index (χ3v) is 3.80. The average Bonchev–Trinajstić information content (AvgIpc) is 3.02. The molecule has 0 radical (unpaired) electrons. The van der Waals surface area contributed by atoms with Gasteiger partial charge < -0.3 is 18.9 Å². The molecular formula is C21H34O5. The number of rotatable bonds is 12. The molecule has 26 heavy (non-hydrogen) atoms. The maximum atomic E-state index is 11.9. The van der Waals surface area contributed by atoms with Gasteiger partial charge in [-0.05, 0) is 37.5 Å². The smallest absolute Gasteiger partial charge is 0.163 e. The number of Topliss-reactive ketones (excluding diaryl/α,β-unsaturated/α-hetero) is 1. The van der Waals surface area contributed by atoms with E-state index >= 15 is 0 Å². The van der Waals surface area contributed by atoms with Crippen LogP contribution in [0.2, 0.25) is 0 Å². The predicted molar refractivity (Wildman–Crippen MR) is 104 cm³/mol. The van der Waals surface area contributed by atoms with Gasteiger partial charge in [-0.25, -0.2) is 0 Å². The van der Waals surface area contributed by atoms with E-state index in [0.29, 0.717) is 45.2 Å². The van der Waals surface area contributed by atoms with Gasteiger partial charge >= 0.3 is 0 Å². The molecule has 0 fully saturated rings. The molecule has 5 nitrogen and oxygen atoms in total. The van der Waals surface area contributed by atoms with Gasteiger partial charge in [0.05, 0.1) is 26.4 Å². The van der Waals surface area contributed by atoms with Crippen LogP contribution in [0.15, 0.2) is 12.1 Å². The molecule has 0 amide bonds. The van der Waals surface area contributed by atoms with Gasteiger partial charge in [0.1, 0.15) is 0 Å². The molecule has 0 aromatic heterocycles. The number of aryl methyl sites for hydroxylation is 1. The van der Waals surface area contributed by atoms with Crippen molar-refractivity contribution in [3.05, 3.63) is 23.3 Å². The van der Waals surface area contributed by atoms with Crippen molar-refractivity contribution < 1.29 is 23.7 Å². The largest absolute Gasteiger partial charge is 0.490 e. The topological polar surface area (TPSA) is 54.0 Å². The van der Waals surface area contributed by atoms with Crippen molar-refractivity contribution >= 4 is 5.78 Å². The van der Waals surface area contributed by atoms with Crippen LogP contribution in [-0.4, -0.2) is 45.4 Å². The molecule has 0 saturated heterocycles. The fourth-order valence-electron chi connectivity index (χ4n) is 2.64. The highest BCUT2D eigenvalue weighted by Crippen LogP contribution is 2.35. The van der Waals surface area contributed by atoms with E-state index in [-0.39, 0.29) is 5.78 Å². The van der Waals surface area contributed by atoms with E-state index in [0.717, 1.165) is 42.7 Å². The molecule has 0 aliphatic heterocycles. The molecule has 0 bridgehead atoms. The van der Waals surface area contributed by atoms with Crippen molar-refractivity contribution in [2.75, 3.05) is 39.6 Å². The summed E-state index contributed by atoms with van der Waals surface area (Å²) in [6, 6.07) is 3.77. The molecule has 148 valence electrons. The van der Waals surface area contributed by atoms with Crippen LogP contribution in [-0.2, 0) is 15.9 Å². The van der Waals surface area contributed by atoms with Crippen molar-refractivity contribution in [3.8, 4) is 11.5 Å². The number of benzene rings is 1. The summed E-state index contributed by atoms with van der Waals surface area (Å²) in [6.45, 7) is 11.8. The zero-order valence-corrected chi connectivity index (χ0v) is 16.8. The Hall–Kier alpha value is -1.59. The normalized spacial score (nSPS) is 12.4. The Kier molecular flexibility index (Phi) is 11.7. The van der Waals surface area contributed by atoms with Crippen LogP contribution in [0.1, 0.15) is 62.9 Å². The van der Waals surface area contributed by atoms with Crippen LogP contribution in [0.5, 0.6) is 11.5 Å². The summed E-state index contributed by atoms with van der Waals surface area (Å²) in [4.78, 5) is 11.9. The zero-order chi connectivity index (χ0) is 19.2. The minimum absolute atomic E-state index is 0.188. The summed E-state index contributed by atoms with van der Waals surface area (Å²) in [6.07, 6.45) is 3.18. The van der Waals surface area contributed by atoms with Crippen molar-refractivity contribution in [3.63, 3.8) is 0 Å². The lowest BCUT2D eigenvalue weighted by Gasteiger charge is -2.14. The molecule has 0 saturated carbocycles. The highest BCUT2D eigenvalue weighted by Gasteiger charge is 2.22. The van der Waals surface area contributed by atoms with Crippen LogP contribution in [0.3, 0.4) is 0 Å². The second kappa shape index (κ2) is 13.6. The first-order valence-corrected chi connectivity index (χ1v) is 9.87. The van der Waals surface area contributed by atoms with E-state index in [1.54, 1.807) is 0 Å². The van der Waals surface area contributed by atoms with Gasteiger partial charge in [-0.1, -0.05) is 20.8 Å². The lowest BCUT2D eigenvalue weighted by atomic mass is 10.1. The summed E-state index contributed by atoms with van der Waals surface area (Å²) in [5.41, 5.74) is 1.84. The lowest BCUT2D eigenvalue weighted by Crippen LogP contribution is -2.09. The molecular weight excluding hydrogens is 332 g/mol. The van der Waals surface area contributed by atoms with Crippen LogP contribution < -0.4 is 9.47 Å². The summed E-state index contributed by atoms with van der Waals surface area (Å²) in [7, 11) is 0. The fraction of sp³-hybridized carbons (Fsp3) is 0.667. The molecule has 0 N–H and O–H groups in total. The lowest BCUT2D eigenvalue weighted by molar-refractivity contribution is 0.0437. The number of carbonyl (C=O) groups is 1. The number of ether oxygens (including phenoxy) is 4. The van der Waals surface area contributed by atoms with Crippen molar-refractivity contribution in [1.82, 2.24) is 0 Å². The molecule has 1 aromatic carbocycles. The Morgan fingerprint density at radius 1 is 0.846 bits per heavy atom. The van der Waals surface area contributed by atoms with E-state index in [1.165, 1.54) is 0 Å². The van der Waals surface area contributed by atoms with Crippen LogP contribution >= 0.6 is 0 Å². The summed E-state index contributed by atoms with van der Waals surface area (Å²) in [5.74, 6) is 1.56. The van der Waals surface area contributed by atoms with E-state index < -0.39 is 0 Å². The Morgan fingerprint density at radius 3 is 2.23 bits per heavy atom. The predicted octanol–water partition coefficient (Wildman–Crippen LogP) is 4.45. The maximum absolute atomic E-state index is 11.9. The van der Waals surface area contributed by atoms with E-state index in [9.17, 15) is 4.79 Å².